The summed E-state index contributed by atoms with van der Waals surface area (Å²) < 4.78 is 6.49. The standard InChI is InChI=1S/C20H23BrN2O3S/c1-2-16(13-24)22-20(27)23-19(25)15-8-9-18(17(21)12-15)26-11-10-14-6-4-3-5-7-14/h3-9,12,16,24H,2,10-11,13H2,1H3,(H2,22,23,25,27). The van der Waals surface area contributed by atoms with Crippen molar-refractivity contribution >= 4 is 39.2 Å². The zero-order chi connectivity index (χ0) is 19.6. The number of hydrogen-bond donors (Lipinski definition) is 3. The average Bonchev–Trinajstić information content (AvgIpc) is 2.68. The first kappa shape index (κ1) is 21.3. The molecule has 0 aromatic heterocycles. The Morgan fingerprint density at radius 3 is 2.63 bits per heavy atom. The molecule has 0 radical (unpaired) electrons. The Morgan fingerprint density at radius 1 is 1.26 bits per heavy atom. The molecule has 0 aliphatic rings. The van der Waals surface area contributed by atoms with Crippen LogP contribution in [0.3, 0.4) is 0 Å². The number of carbonyl (C=O) groups excluding carboxylic acids is 1. The molecule has 0 fully saturated rings. The lowest BCUT2D eigenvalue weighted by atomic mass is 10.2. The van der Waals surface area contributed by atoms with Crippen LogP contribution < -0.4 is 15.4 Å². The van der Waals surface area contributed by atoms with Crippen LogP contribution in [0.25, 0.3) is 0 Å². The minimum Gasteiger partial charge on any atom is -0.492 e. The second-order valence-electron chi connectivity index (χ2n) is 5.94. The summed E-state index contributed by atoms with van der Waals surface area (Å²) in [5, 5.41) is 14.9. The predicted molar refractivity (Wildman–Crippen MR) is 114 cm³/mol. The molecule has 144 valence electrons. The van der Waals surface area contributed by atoms with Crippen molar-refractivity contribution in [1.82, 2.24) is 10.6 Å². The summed E-state index contributed by atoms with van der Waals surface area (Å²) in [6, 6.07) is 15.1. The number of aliphatic hydroxyl groups excluding tert-OH is 1. The SMILES string of the molecule is CCC(CO)NC(=S)NC(=O)c1ccc(OCCc2ccccc2)c(Br)c1. The number of hydrogen-bond acceptors (Lipinski definition) is 4. The molecule has 0 aliphatic carbocycles. The number of thiocarbonyl (C=S) groups is 1. The molecular weight excluding hydrogens is 428 g/mol. The van der Waals surface area contributed by atoms with Gasteiger partial charge in [-0.25, -0.2) is 0 Å². The van der Waals surface area contributed by atoms with E-state index in [1.807, 2.05) is 25.1 Å². The monoisotopic (exact) mass is 450 g/mol. The molecule has 0 saturated carbocycles. The Morgan fingerprint density at radius 2 is 2.00 bits per heavy atom. The minimum absolute atomic E-state index is 0.0485. The van der Waals surface area contributed by atoms with E-state index in [2.05, 4.69) is 38.7 Å². The van der Waals surface area contributed by atoms with E-state index in [1.54, 1.807) is 18.2 Å². The van der Waals surface area contributed by atoms with Crippen LogP contribution in [0.5, 0.6) is 5.75 Å². The molecule has 0 bridgehead atoms. The van der Waals surface area contributed by atoms with Gasteiger partial charge in [0.15, 0.2) is 5.11 Å². The number of halogens is 1. The molecule has 0 heterocycles. The van der Waals surface area contributed by atoms with E-state index in [0.717, 1.165) is 6.42 Å². The maximum absolute atomic E-state index is 12.3. The van der Waals surface area contributed by atoms with Crippen LogP contribution in [0, 0.1) is 0 Å². The maximum Gasteiger partial charge on any atom is 0.257 e. The smallest absolute Gasteiger partial charge is 0.257 e. The fourth-order valence-electron chi connectivity index (χ4n) is 2.36. The molecule has 5 nitrogen and oxygen atoms in total. The first-order chi connectivity index (χ1) is 13.0. The van der Waals surface area contributed by atoms with Crippen LogP contribution in [-0.4, -0.2) is 35.4 Å². The van der Waals surface area contributed by atoms with Crippen molar-refractivity contribution in [2.45, 2.75) is 25.8 Å². The minimum atomic E-state index is -0.322. The van der Waals surface area contributed by atoms with Gasteiger partial charge in [-0.1, -0.05) is 37.3 Å². The number of nitrogens with one attached hydrogen (secondary N) is 2. The molecule has 1 amide bonds. The molecule has 27 heavy (non-hydrogen) atoms. The van der Waals surface area contributed by atoms with Crippen LogP contribution in [0.15, 0.2) is 53.0 Å². The number of benzene rings is 2. The van der Waals surface area contributed by atoms with E-state index < -0.39 is 0 Å². The largest absolute Gasteiger partial charge is 0.492 e. The third-order valence-corrected chi connectivity index (χ3v) is 4.80. The summed E-state index contributed by atoms with van der Waals surface area (Å²) in [6.45, 7) is 2.42. The molecule has 1 unspecified atom stereocenters. The summed E-state index contributed by atoms with van der Waals surface area (Å²) in [6.07, 6.45) is 1.51. The van der Waals surface area contributed by atoms with Crippen molar-refractivity contribution in [3.8, 4) is 5.75 Å². The fourth-order valence-corrected chi connectivity index (χ4v) is 3.11. The van der Waals surface area contributed by atoms with Gasteiger partial charge >= 0.3 is 0 Å². The first-order valence-corrected chi connectivity index (χ1v) is 9.92. The average molecular weight is 451 g/mol. The molecule has 0 aliphatic heterocycles. The lowest BCUT2D eigenvalue weighted by Gasteiger charge is -2.16. The topological polar surface area (TPSA) is 70.6 Å². The van der Waals surface area contributed by atoms with Crippen molar-refractivity contribution in [3.63, 3.8) is 0 Å². The van der Waals surface area contributed by atoms with Gasteiger partial charge in [0.05, 0.1) is 23.7 Å². The molecule has 2 rings (SSSR count). The summed E-state index contributed by atoms with van der Waals surface area (Å²) in [5.41, 5.74) is 1.66. The molecular formula is C20H23BrN2O3S. The van der Waals surface area contributed by atoms with Gasteiger partial charge in [-0.05, 0) is 58.3 Å². The Balaban J connectivity index is 1.89. The highest BCUT2D eigenvalue weighted by Crippen LogP contribution is 2.26. The number of rotatable bonds is 8. The Kier molecular flexibility index (Phi) is 8.71. The summed E-state index contributed by atoms with van der Waals surface area (Å²) in [7, 11) is 0. The Hall–Kier alpha value is -1.96. The van der Waals surface area contributed by atoms with Crippen molar-refractivity contribution in [2.75, 3.05) is 13.2 Å². The molecule has 2 aromatic rings. The zero-order valence-electron chi connectivity index (χ0n) is 15.1. The highest BCUT2D eigenvalue weighted by Gasteiger charge is 2.13. The van der Waals surface area contributed by atoms with Crippen molar-refractivity contribution in [3.05, 3.63) is 64.1 Å². The van der Waals surface area contributed by atoms with Crippen molar-refractivity contribution in [1.29, 1.82) is 0 Å². The number of amides is 1. The molecule has 1 atom stereocenters. The highest BCUT2D eigenvalue weighted by atomic mass is 79.9. The first-order valence-electron chi connectivity index (χ1n) is 8.72. The van der Waals surface area contributed by atoms with Gasteiger partial charge in [0.2, 0.25) is 0 Å². The van der Waals surface area contributed by atoms with E-state index in [1.165, 1.54) is 5.56 Å². The van der Waals surface area contributed by atoms with Gasteiger partial charge in [-0.3, -0.25) is 10.1 Å². The van der Waals surface area contributed by atoms with Gasteiger partial charge < -0.3 is 15.2 Å². The maximum atomic E-state index is 12.3. The summed E-state index contributed by atoms with van der Waals surface area (Å²) in [4.78, 5) is 12.3. The third kappa shape index (κ3) is 6.93. The number of ether oxygens (including phenoxy) is 1. The molecule has 7 heteroatoms. The molecule has 0 spiro atoms. The lowest BCUT2D eigenvalue weighted by molar-refractivity contribution is 0.0976. The van der Waals surface area contributed by atoms with Crippen LogP contribution in [0.1, 0.15) is 29.3 Å². The zero-order valence-corrected chi connectivity index (χ0v) is 17.5. The van der Waals surface area contributed by atoms with Crippen LogP contribution in [0.2, 0.25) is 0 Å². The Labute approximate surface area is 173 Å². The Bertz CT molecular complexity index is 767. The second kappa shape index (κ2) is 11.0. The molecule has 3 N–H and O–H groups in total. The number of aliphatic hydroxyl groups is 1. The quantitative estimate of drug-likeness (QED) is 0.537. The van der Waals surface area contributed by atoms with E-state index in [9.17, 15) is 9.90 Å². The van der Waals surface area contributed by atoms with Crippen LogP contribution in [-0.2, 0) is 6.42 Å². The lowest BCUT2D eigenvalue weighted by Crippen LogP contribution is -2.45. The van der Waals surface area contributed by atoms with E-state index in [0.29, 0.717) is 28.8 Å². The van der Waals surface area contributed by atoms with Gasteiger partial charge in [0, 0.05) is 12.0 Å². The molecule has 2 aromatic carbocycles. The van der Waals surface area contributed by atoms with Crippen LogP contribution >= 0.6 is 28.1 Å². The van der Waals surface area contributed by atoms with Gasteiger partial charge in [0.1, 0.15) is 5.75 Å². The highest BCUT2D eigenvalue weighted by molar-refractivity contribution is 9.10. The van der Waals surface area contributed by atoms with Crippen molar-refractivity contribution in [2.24, 2.45) is 0 Å². The van der Waals surface area contributed by atoms with Gasteiger partial charge in [0.25, 0.3) is 5.91 Å². The fraction of sp³-hybridized carbons (Fsp3) is 0.300. The normalized spacial score (nSPS) is 11.5. The second-order valence-corrected chi connectivity index (χ2v) is 7.21. The van der Waals surface area contributed by atoms with E-state index >= 15 is 0 Å². The number of carbonyl (C=O) groups is 1. The van der Waals surface area contributed by atoms with Crippen molar-refractivity contribution < 1.29 is 14.6 Å². The van der Waals surface area contributed by atoms with Crippen LogP contribution in [0.4, 0.5) is 0 Å². The van der Waals surface area contributed by atoms with Gasteiger partial charge in [-0.15, -0.1) is 0 Å². The third-order valence-electron chi connectivity index (χ3n) is 3.96. The predicted octanol–water partition coefficient (Wildman–Crippen LogP) is 3.45. The van der Waals surface area contributed by atoms with Gasteiger partial charge in [-0.2, -0.15) is 0 Å². The van der Waals surface area contributed by atoms with E-state index in [4.69, 9.17) is 17.0 Å². The summed E-state index contributed by atoms with van der Waals surface area (Å²) in [5.74, 6) is 0.353. The van der Waals surface area contributed by atoms with E-state index in [-0.39, 0.29) is 23.7 Å². The molecule has 0 saturated heterocycles. The summed E-state index contributed by atoms with van der Waals surface area (Å²) >= 11 is 8.56.